The Morgan fingerprint density at radius 2 is 1.07 bits per heavy atom. The summed E-state index contributed by atoms with van der Waals surface area (Å²) < 4.78 is 35.9. The SMILES string of the molecule is CCCCCCC(=O)OCCOCCOCCOCCOCCOCC(=O)OC. The molecule has 0 aromatic carbocycles. The molecule has 0 saturated heterocycles. The van der Waals surface area contributed by atoms with Gasteiger partial charge < -0.3 is 33.2 Å². The van der Waals surface area contributed by atoms with Crippen molar-refractivity contribution in [2.45, 2.75) is 39.0 Å². The molecule has 0 rings (SSSR count). The Morgan fingerprint density at radius 1 is 0.586 bits per heavy atom. The molecule has 0 saturated carbocycles. The van der Waals surface area contributed by atoms with Crippen LogP contribution in [0.2, 0.25) is 0 Å². The molecule has 0 fully saturated rings. The third-order valence-corrected chi connectivity index (χ3v) is 3.66. The molecule has 9 heteroatoms. The molecule has 0 radical (unpaired) electrons. The number of ether oxygens (including phenoxy) is 7. The lowest BCUT2D eigenvalue weighted by atomic mass is 10.2. The second-order valence-corrected chi connectivity index (χ2v) is 6.11. The first-order valence-electron chi connectivity index (χ1n) is 10.3. The normalized spacial score (nSPS) is 10.8. The van der Waals surface area contributed by atoms with Gasteiger partial charge in [0, 0.05) is 6.42 Å². The van der Waals surface area contributed by atoms with Gasteiger partial charge in [-0.3, -0.25) is 4.79 Å². The first kappa shape index (κ1) is 27.7. The molecule has 0 N–H and O–H groups in total. The van der Waals surface area contributed by atoms with Gasteiger partial charge in [0.05, 0.1) is 66.6 Å². The van der Waals surface area contributed by atoms with Crippen LogP contribution in [0.5, 0.6) is 0 Å². The van der Waals surface area contributed by atoms with Crippen molar-refractivity contribution in [3.05, 3.63) is 0 Å². The van der Waals surface area contributed by atoms with Gasteiger partial charge in [-0.15, -0.1) is 0 Å². The van der Waals surface area contributed by atoms with Gasteiger partial charge in [-0.1, -0.05) is 26.2 Å². The van der Waals surface area contributed by atoms with Gasteiger partial charge in [0.2, 0.25) is 0 Å². The third kappa shape index (κ3) is 22.9. The summed E-state index contributed by atoms with van der Waals surface area (Å²) in [4.78, 5) is 22.2. The van der Waals surface area contributed by atoms with E-state index in [0.29, 0.717) is 65.9 Å². The van der Waals surface area contributed by atoms with Crippen LogP contribution < -0.4 is 0 Å². The molecular formula is C20H38O9. The zero-order valence-electron chi connectivity index (χ0n) is 18.0. The highest BCUT2D eigenvalue weighted by molar-refractivity contribution is 5.70. The van der Waals surface area contributed by atoms with Crippen LogP contribution in [0.4, 0.5) is 0 Å². The van der Waals surface area contributed by atoms with E-state index in [4.69, 9.17) is 28.4 Å². The van der Waals surface area contributed by atoms with Crippen LogP contribution in [0, 0.1) is 0 Å². The first-order chi connectivity index (χ1) is 14.2. The highest BCUT2D eigenvalue weighted by Gasteiger charge is 2.02. The van der Waals surface area contributed by atoms with Crippen molar-refractivity contribution in [3.8, 4) is 0 Å². The number of hydrogen-bond acceptors (Lipinski definition) is 9. The molecule has 0 atom stereocenters. The van der Waals surface area contributed by atoms with Crippen LogP contribution in [-0.4, -0.2) is 91.7 Å². The van der Waals surface area contributed by atoms with E-state index in [-0.39, 0.29) is 19.2 Å². The molecule has 0 amide bonds. The second-order valence-electron chi connectivity index (χ2n) is 6.11. The number of carbonyl (C=O) groups is 2. The standard InChI is InChI=1S/C20H38O9/c1-3-4-5-6-7-19(21)29-17-16-27-13-12-25-9-8-24-10-11-26-14-15-28-18-20(22)23-2/h3-18H2,1-2H3. The predicted octanol–water partition coefficient (Wildman–Crippen LogP) is 1.76. The van der Waals surface area contributed by atoms with Crippen LogP contribution in [0.3, 0.4) is 0 Å². The summed E-state index contributed by atoms with van der Waals surface area (Å²) in [5.74, 6) is -0.564. The lowest BCUT2D eigenvalue weighted by molar-refractivity contribution is -0.146. The zero-order chi connectivity index (χ0) is 21.4. The van der Waals surface area contributed by atoms with Crippen LogP contribution in [0.25, 0.3) is 0 Å². The number of hydrogen-bond donors (Lipinski definition) is 0. The van der Waals surface area contributed by atoms with Gasteiger partial charge in [-0.2, -0.15) is 0 Å². The van der Waals surface area contributed by atoms with Gasteiger partial charge in [0.25, 0.3) is 0 Å². The van der Waals surface area contributed by atoms with Gasteiger partial charge in [0.15, 0.2) is 0 Å². The Kier molecular flexibility index (Phi) is 22.0. The van der Waals surface area contributed by atoms with Crippen molar-refractivity contribution >= 4 is 11.9 Å². The largest absolute Gasteiger partial charge is 0.467 e. The fourth-order valence-electron chi connectivity index (χ4n) is 2.08. The highest BCUT2D eigenvalue weighted by Crippen LogP contribution is 2.03. The average molecular weight is 423 g/mol. The zero-order valence-corrected chi connectivity index (χ0v) is 18.0. The van der Waals surface area contributed by atoms with E-state index in [1.807, 2.05) is 0 Å². The summed E-state index contributed by atoms with van der Waals surface area (Å²) in [6.07, 6.45) is 4.76. The van der Waals surface area contributed by atoms with E-state index in [9.17, 15) is 9.59 Å². The Labute approximate surface area is 174 Å². The maximum Gasteiger partial charge on any atom is 0.331 e. The number of methoxy groups -OCH3 is 1. The molecule has 0 heterocycles. The molecule has 0 aliphatic rings. The van der Waals surface area contributed by atoms with Crippen molar-refractivity contribution in [1.82, 2.24) is 0 Å². The first-order valence-corrected chi connectivity index (χ1v) is 10.3. The lowest BCUT2D eigenvalue weighted by Gasteiger charge is -2.08. The van der Waals surface area contributed by atoms with Gasteiger partial charge in [0.1, 0.15) is 13.2 Å². The van der Waals surface area contributed by atoms with Crippen LogP contribution in [-0.2, 0) is 42.7 Å². The minimum Gasteiger partial charge on any atom is -0.467 e. The predicted molar refractivity (Wildman–Crippen MR) is 106 cm³/mol. The molecule has 172 valence electrons. The maximum absolute atomic E-state index is 11.4. The van der Waals surface area contributed by atoms with E-state index in [2.05, 4.69) is 11.7 Å². The second kappa shape index (κ2) is 23.0. The van der Waals surface area contributed by atoms with Gasteiger partial charge >= 0.3 is 11.9 Å². The average Bonchev–Trinajstić information content (AvgIpc) is 2.73. The van der Waals surface area contributed by atoms with E-state index in [1.165, 1.54) is 7.11 Å². The number of unbranched alkanes of at least 4 members (excludes halogenated alkanes) is 3. The minimum absolute atomic E-state index is 0.0678. The lowest BCUT2D eigenvalue weighted by Crippen LogP contribution is -2.16. The topological polar surface area (TPSA) is 98.8 Å². The molecule has 0 aliphatic heterocycles. The van der Waals surface area contributed by atoms with Crippen LogP contribution in [0.15, 0.2) is 0 Å². The molecule has 0 aromatic heterocycles. The molecule has 0 bridgehead atoms. The number of carbonyl (C=O) groups excluding carboxylic acids is 2. The molecule has 29 heavy (non-hydrogen) atoms. The van der Waals surface area contributed by atoms with E-state index >= 15 is 0 Å². The number of esters is 2. The Bertz CT molecular complexity index is 377. The van der Waals surface area contributed by atoms with Crippen LogP contribution >= 0.6 is 0 Å². The molecule has 0 unspecified atom stereocenters. The Morgan fingerprint density at radius 3 is 1.55 bits per heavy atom. The van der Waals surface area contributed by atoms with Crippen molar-refractivity contribution in [3.63, 3.8) is 0 Å². The van der Waals surface area contributed by atoms with Gasteiger partial charge in [-0.25, -0.2) is 4.79 Å². The Hall–Kier alpha value is -1.26. The molecular weight excluding hydrogens is 384 g/mol. The minimum atomic E-state index is -0.407. The summed E-state index contributed by atoms with van der Waals surface area (Å²) in [7, 11) is 1.31. The summed E-state index contributed by atoms with van der Waals surface area (Å²) in [5, 5.41) is 0. The third-order valence-electron chi connectivity index (χ3n) is 3.66. The number of rotatable bonds is 22. The van der Waals surface area contributed by atoms with Crippen molar-refractivity contribution in [2.24, 2.45) is 0 Å². The maximum atomic E-state index is 11.4. The van der Waals surface area contributed by atoms with Crippen molar-refractivity contribution < 1.29 is 42.7 Å². The molecule has 0 spiro atoms. The molecule has 0 aromatic rings. The van der Waals surface area contributed by atoms with E-state index in [1.54, 1.807) is 0 Å². The monoisotopic (exact) mass is 422 g/mol. The summed E-state index contributed by atoms with van der Waals surface area (Å²) in [6.45, 7) is 6.20. The quantitative estimate of drug-likeness (QED) is 0.191. The van der Waals surface area contributed by atoms with Crippen molar-refractivity contribution in [2.75, 3.05) is 79.8 Å². The summed E-state index contributed by atoms with van der Waals surface area (Å²) in [6, 6.07) is 0. The Balaban J connectivity index is 3.11. The molecule has 9 nitrogen and oxygen atoms in total. The molecule has 0 aliphatic carbocycles. The van der Waals surface area contributed by atoms with E-state index in [0.717, 1.165) is 25.7 Å². The fourth-order valence-corrected chi connectivity index (χ4v) is 2.08. The summed E-state index contributed by atoms with van der Waals surface area (Å²) >= 11 is 0. The van der Waals surface area contributed by atoms with E-state index < -0.39 is 5.97 Å². The highest BCUT2D eigenvalue weighted by atomic mass is 16.6. The fraction of sp³-hybridized carbons (Fsp3) is 0.900. The van der Waals surface area contributed by atoms with Crippen LogP contribution in [0.1, 0.15) is 39.0 Å². The van der Waals surface area contributed by atoms with Crippen molar-refractivity contribution in [1.29, 1.82) is 0 Å². The smallest absolute Gasteiger partial charge is 0.331 e. The summed E-state index contributed by atoms with van der Waals surface area (Å²) in [5.41, 5.74) is 0. The van der Waals surface area contributed by atoms with Gasteiger partial charge in [-0.05, 0) is 6.42 Å².